The van der Waals surface area contributed by atoms with Crippen LogP contribution in [0.3, 0.4) is 0 Å². The lowest BCUT2D eigenvalue weighted by Crippen LogP contribution is -2.57. The Balaban J connectivity index is 1.52. The zero-order valence-electron chi connectivity index (χ0n) is 12.7. The minimum Gasteiger partial charge on any atom is -0.486 e. The van der Waals surface area contributed by atoms with Gasteiger partial charge in [-0.05, 0) is 5.56 Å². The summed E-state index contributed by atoms with van der Waals surface area (Å²) in [6.45, 7) is 3.75. The van der Waals surface area contributed by atoms with Gasteiger partial charge in [0.05, 0.1) is 11.7 Å². The Bertz CT molecular complexity index is 708. The van der Waals surface area contributed by atoms with Crippen molar-refractivity contribution in [2.45, 2.75) is 12.6 Å². The monoisotopic (exact) mass is 316 g/mol. The van der Waals surface area contributed by atoms with Gasteiger partial charge < -0.3 is 9.64 Å². The van der Waals surface area contributed by atoms with E-state index in [0.717, 1.165) is 32.2 Å². The zero-order chi connectivity index (χ0) is 15.8. The van der Waals surface area contributed by atoms with E-state index in [4.69, 9.17) is 4.74 Å². The summed E-state index contributed by atoms with van der Waals surface area (Å²) in [6.07, 6.45) is 0. The molecule has 0 N–H and O–H groups in total. The predicted octanol–water partition coefficient (Wildman–Crippen LogP) is 3.05. The van der Waals surface area contributed by atoms with Gasteiger partial charge in [0.1, 0.15) is 12.4 Å². The summed E-state index contributed by atoms with van der Waals surface area (Å²) in [7, 11) is 0. The summed E-state index contributed by atoms with van der Waals surface area (Å²) in [4.78, 5) is 4.44. The van der Waals surface area contributed by atoms with Gasteiger partial charge in [-0.3, -0.25) is 4.90 Å². The van der Waals surface area contributed by atoms with Gasteiger partial charge in [0, 0.05) is 38.3 Å². The molecule has 23 heavy (non-hydrogen) atoms. The van der Waals surface area contributed by atoms with Gasteiger partial charge in [0.25, 0.3) is 0 Å². The fraction of sp³-hybridized carbons (Fsp3) is 0.333. The second-order valence-electron chi connectivity index (χ2n) is 6.11. The molecule has 0 spiro atoms. The molecule has 2 aliphatic heterocycles. The third-order valence-electron chi connectivity index (χ3n) is 4.53. The average Bonchev–Trinajstić information content (AvgIpc) is 2.55. The molecular formula is C18H18F2N2O. The first-order valence-corrected chi connectivity index (χ1v) is 7.85. The van der Waals surface area contributed by atoms with Crippen molar-refractivity contribution in [3.8, 4) is 5.75 Å². The molecule has 0 aromatic heterocycles. The van der Waals surface area contributed by atoms with Crippen LogP contribution in [0.4, 0.5) is 14.5 Å². The van der Waals surface area contributed by atoms with Crippen LogP contribution in [-0.2, 0) is 6.54 Å². The van der Waals surface area contributed by atoms with Crippen LogP contribution < -0.4 is 9.64 Å². The molecule has 1 fully saturated rings. The lowest BCUT2D eigenvalue weighted by molar-refractivity contribution is 0.158. The smallest absolute Gasteiger partial charge is 0.178 e. The fourth-order valence-electron chi connectivity index (χ4n) is 3.45. The Kier molecular flexibility index (Phi) is 3.65. The number of rotatable bonds is 2. The molecule has 2 aromatic rings. The van der Waals surface area contributed by atoms with Gasteiger partial charge >= 0.3 is 0 Å². The lowest BCUT2D eigenvalue weighted by Gasteiger charge is -2.45. The van der Waals surface area contributed by atoms with Crippen LogP contribution in [0.15, 0.2) is 42.5 Å². The van der Waals surface area contributed by atoms with E-state index in [9.17, 15) is 8.78 Å². The number of ether oxygens (including phenoxy) is 1. The molecule has 2 aliphatic rings. The maximum Gasteiger partial charge on any atom is 0.178 e. The van der Waals surface area contributed by atoms with Gasteiger partial charge in [-0.15, -0.1) is 0 Å². The van der Waals surface area contributed by atoms with Gasteiger partial charge in [0.2, 0.25) is 0 Å². The quantitative estimate of drug-likeness (QED) is 0.847. The van der Waals surface area contributed by atoms with E-state index in [1.54, 1.807) is 0 Å². The third kappa shape index (κ3) is 2.77. The van der Waals surface area contributed by atoms with Crippen molar-refractivity contribution in [1.29, 1.82) is 0 Å². The highest BCUT2D eigenvalue weighted by Crippen LogP contribution is 2.38. The molecule has 3 nitrogen and oxygen atoms in total. The van der Waals surface area contributed by atoms with Crippen molar-refractivity contribution >= 4 is 5.69 Å². The Labute approximate surface area is 134 Å². The maximum absolute atomic E-state index is 13.9. The summed E-state index contributed by atoms with van der Waals surface area (Å²) in [5.74, 6) is -0.999. The molecule has 1 unspecified atom stereocenters. The summed E-state index contributed by atoms with van der Waals surface area (Å²) in [6, 6.07) is 12.7. The zero-order valence-corrected chi connectivity index (χ0v) is 12.7. The van der Waals surface area contributed by atoms with E-state index in [0.29, 0.717) is 12.3 Å². The maximum atomic E-state index is 13.9. The summed E-state index contributed by atoms with van der Waals surface area (Å²) < 4.78 is 33.0. The average molecular weight is 316 g/mol. The van der Waals surface area contributed by atoms with Crippen molar-refractivity contribution in [1.82, 2.24) is 4.90 Å². The van der Waals surface area contributed by atoms with Crippen molar-refractivity contribution in [3.05, 3.63) is 59.7 Å². The molecule has 0 bridgehead atoms. The second-order valence-corrected chi connectivity index (χ2v) is 6.11. The van der Waals surface area contributed by atoms with E-state index < -0.39 is 11.6 Å². The standard InChI is InChI=1S/C18H18F2N2O/c19-14-8-16(20)18-17(9-14)22-7-6-21(11-15(22)12-23-18)10-13-4-2-1-3-5-13/h1-5,8-9,15H,6-7,10-12H2. The number of nitrogens with zero attached hydrogens (tertiary/aromatic N) is 2. The number of hydrogen-bond acceptors (Lipinski definition) is 3. The Morgan fingerprint density at radius 3 is 2.74 bits per heavy atom. The minimum atomic E-state index is -0.620. The van der Waals surface area contributed by atoms with E-state index in [1.807, 2.05) is 18.2 Å². The minimum absolute atomic E-state index is 0.126. The normalized spacial score (nSPS) is 20.6. The highest BCUT2D eigenvalue weighted by Gasteiger charge is 2.34. The first kappa shape index (κ1) is 14.5. The van der Waals surface area contributed by atoms with Gasteiger partial charge in [-0.25, -0.2) is 8.78 Å². The molecule has 4 rings (SSSR count). The first-order chi connectivity index (χ1) is 11.2. The molecule has 1 saturated heterocycles. The number of benzene rings is 2. The number of anilines is 1. The predicted molar refractivity (Wildman–Crippen MR) is 84.7 cm³/mol. The lowest BCUT2D eigenvalue weighted by atomic mass is 10.1. The Morgan fingerprint density at radius 1 is 1.09 bits per heavy atom. The molecule has 0 saturated carbocycles. The van der Waals surface area contributed by atoms with Gasteiger partial charge in [-0.2, -0.15) is 0 Å². The van der Waals surface area contributed by atoms with Crippen molar-refractivity contribution in [2.24, 2.45) is 0 Å². The van der Waals surface area contributed by atoms with E-state index in [2.05, 4.69) is 21.9 Å². The Morgan fingerprint density at radius 2 is 1.91 bits per heavy atom. The largest absolute Gasteiger partial charge is 0.486 e. The molecular weight excluding hydrogens is 298 g/mol. The van der Waals surface area contributed by atoms with Crippen LogP contribution in [-0.4, -0.2) is 37.2 Å². The first-order valence-electron chi connectivity index (χ1n) is 7.85. The molecule has 0 aliphatic carbocycles. The van der Waals surface area contributed by atoms with Crippen LogP contribution >= 0.6 is 0 Å². The molecule has 0 radical (unpaired) electrons. The van der Waals surface area contributed by atoms with Crippen LogP contribution in [0.1, 0.15) is 5.56 Å². The van der Waals surface area contributed by atoms with Crippen molar-refractivity contribution in [2.75, 3.05) is 31.1 Å². The Hall–Kier alpha value is -2.14. The van der Waals surface area contributed by atoms with E-state index in [-0.39, 0.29) is 11.8 Å². The van der Waals surface area contributed by atoms with Crippen LogP contribution in [0.25, 0.3) is 0 Å². The second kappa shape index (κ2) is 5.81. The molecule has 2 heterocycles. The number of piperazine rings is 1. The molecule has 120 valence electrons. The highest BCUT2D eigenvalue weighted by atomic mass is 19.1. The molecule has 5 heteroatoms. The van der Waals surface area contributed by atoms with Crippen LogP contribution in [0, 0.1) is 11.6 Å². The van der Waals surface area contributed by atoms with Gasteiger partial charge in [0.15, 0.2) is 11.6 Å². The number of halogens is 2. The van der Waals surface area contributed by atoms with Crippen LogP contribution in [0.2, 0.25) is 0 Å². The van der Waals surface area contributed by atoms with E-state index in [1.165, 1.54) is 11.6 Å². The van der Waals surface area contributed by atoms with E-state index >= 15 is 0 Å². The number of fused-ring (bicyclic) bond motifs is 3. The summed E-state index contributed by atoms with van der Waals surface area (Å²) >= 11 is 0. The fourth-order valence-corrected chi connectivity index (χ4v) is 3.45. The SMILES string of the molecule is Fc1cc(F)c2c(c1)N1CCN(Cc3ccccc3)CC1CO2. The van der Waals surface area contributed by atoms with Crippen molar-refractivity contribution in [3.63, 3.8) is 0 Å². The topological polar surface area (TPSA) is 15.7 Å². The highest BCUT2D eigenvalue weighted by molar-refractivity contribution is 5.62. The molecule has 2 aromatic carbocycles. The molecule has 0 amide bonds. The van der Waals surface area contributed by atoms with Gasteiger partial charge in [-0.1, -0.05) is 30.3 Å². The van der Waals surface area contributed by atoms with Crippen molar-refractivity contribution < 1.29 is 13.5 Å². The molecule has 1 atom stereocenters. The third-order valence-corrected chi connectivity index (χ3v) is 4.53. The summed E-state index contributed by atoms with van der Waals surface area (Å²) in [5.41, 5.74) is 1.81. The summed E-state index contributed by atoms with van der Waals surface area (Å²) in [5, 5.41) is 0. The number of hydrogen-bond donors (Lipinski definition) is 0. The van der Waals surface area contributed by atoms with Crippen LogP contribution in [0.5, 0.6) is 5.75 Å².